The quantitative estimate of drug-likeness (QED) is 0.209. The molecule has 1 amide bonds. The predicted octanol–water partition coefficient (Wildman–Crippen LogP) is 2.33. The summed E-state index contributed by atoms with van der Waals surface area (Å²) in [6.45, 7) is 8.24. The van der Waals surface area contributed by atoms with Crippen molar-refractivity contribution in [2.45, 2.75) is 51.7 Å². The van der Waals surface area contributed by atoms with E-state index in [4.69, 9.17) is 0 Å². The first-order chi connectivity index (χ1) is 14.2. The Kier molecular flexibility index (Phi) is 10.9. The number of hydrogen-bond acceptors (Lipinski definition) is 4. The number of benzene rings is 1. The number of nitrogens with zero attached hydrogens (tertiary/aromatic N) is 3. The number of likely N-dealkylation sites (tertiary alicyclic amines) is 1. The Labute approximate surface area is 197 Å². The molecule has 0 aliphatic carbocycles. The standard InChI is InChI=1S/C22H35N5O2.HI/c1-2-23-22(24-12-4-13-26-15-10-20(28)11-16-26)25-17-18-6-8-19(9-7-18)27-14-3-5-21(27)29;/h6-9,20,28H,2-5,10-17H2,1H3,(H2,23,24,25);1H. The molecule has 1 aromatic rings. The fourth-order valence-corrected chi connectivity index (χ4v) is 3.87. The molecule has 2 heterocycles. The molecule has 0 radical (unpaired) electrons. The number of amides is 1. The Morgan fingerprint density at radius 1 is 1.17 bits per heavy atom. The molecule has 0 unspecified atom stereocenters. The van der Waals surface area contributed by atoms with Crippen LogP contribution in [0.25, 0.3) is 0 Å². The van der Waals surface area contributed by atoms with Crippen LogP contribution in [-0.4, -0.2) is 67.2 Å². The first kappa shape index (κ1) is 24.9. The molecule has 168 valence electrons. The summed E-state index contributed by atoms with van der Waals surface area (Å²) < 4.78 is 0. The van der Waals surface area contributed by atoms with Gasteiger partial charge < -0.3 is 25.5 Å². The van der Waals surface area contributed by atoms with E-state index in [1.165, 1.54) is 0 Å². The van der Waals surface area contributed by atoms with E-state index >= 15 is 0 Å². The second-order valence-corrected chi connectivity index (χ2v) is 7.86. The molecule has 0 saturated carbocycles. The van der Waals surface area contributed by atoms with Gasteiger partial charge in [-0.1, -0.05) is 12.1 Å². The van der Waals surface area contributed by atoms with Crippen molar-refractivity contribution < 1.29 is 9.90 Å². The van der Waals surface area contributed by atoms with Gasteiger partial charge in [-0.3, -0.25) is 4.79 Å². The van der Waals surface area contributed by atoms with Crippen LogP contribution in [0.1, 0.15) is 44.6 Å². The number of aliphatic hydroxyl groups excluding tert-OH is 1. The van der Waals surface area contributed by atoms with Gasteiger partial charge in [0.05, 0.1) is 12.6 Å². The second kappa shape index (κ2) is 13.1. The molecule has 2 fully saturated rings. The summed E-state index contributed by atoms with van der Waals surface area (Å²) in [6, 6.07) is 8.14. The molecular weight excluding hydrogens is 493 g/mol. The van der Waals surface area contributed by atoms with Gasteiger partial charge in [0.25, 0.3) is 0 Å². The SMILES string of the molecule is CCNC(=NCc1ccc(N2CCCC2=O)cc1)NCCCN1CCC(O)CC1.I. The minimum absolute atomic E-state index is 0. The molecule has 0 spiro atoms. The summed E-state index contributed by atoms with van der Waals surface area (Å²) in [5, 5.41) is 16.3. The van der Waals surface area contributed by atoms with Crippen molar-refractivity contribution in [1.29, 1.82) is 0 Å². The number of hydrogen-bond donors (Lipinski definition) is 3. The zero-order chi connectivity index (χ0) is 20.5. The Balaban J connectivity index is 0.00000320. The zero-order valence-electron chi connectivity index (χ0n) is 18.0. The van der Waals surface area contributed by atoms with Crippen molar-refractivity contribution in [3.63, 3.8) is 0 Å². The van der Waals surface area contributed by atoms with Crippen LogP contribution in [0.3, 0.4) is 0 Å². The van der Waals surface area contributed by atoms with E-state index in [2.05, 4.69) is 39.6 Å². The van der Waals surface area contributed by atoms with E-state index in [9.17, 15) is 9.90 Å². The number of guanidine groups is 1. The number of carbonyl (C=O) groups excluding carboxylic acids is 1. The van der Waals surface area contributed by atoms with Crippen molar-refractivity contribution >= 4 is 41.5 Å². The molecule has 7 nitrogen and oxygen atoms in total. The highest BCUT2D eigenvalue weighted by molar-refractivity contribution is 14.0. The highest BCUT2D eigenvalue weighted by atomic mass is 127. The van der Waals surface area contributed by atoms with E-state index < -0.39 is 0 Å². The monoisotopic (exact) mass is 529 g/mol. The smallest absolute Gasteiger partial charge is 0.227 e. The summed E-state index contributed by atoms with van der Waals surface area (Å²) in [4.78, 5) is 20.8. The van der Waals surface area contributed by atoms with Gasteiger partial charge in [0.2, 0.25) is 5.91 Å². The zero-order valence-corrected chi connectivity index (χ0v) is 20.3. The van der Waals surface area contributed by atoms with E-state index in [1.807, 2.05) is 17.0 Å². The van der Waals surface area contributed by atoms with E-state index in [0.29, 0.717) is 13.0 Å². The third-order valence-corrected chi connectivity index (χ3v) is 5.59. The largest absolute Gasteiger partial charge is 0.393 e. The van der Waals surface area contributed by atoms with Gasteiger partial charge in [0, 0.05) is 44.8 Å². The van der Waals surface area contributed by atoms with Crippen LogP contribution in [-0.2, 0) is 11.3 Å². The molecule has 8 heteroatoms. The van der Waals surface area contributed by atoms with E-state index in [1.54, 1.807) is 0 Å². The molecule has 2 saturated heterocycles. The fourth-order valence-electron chi connectivity index (χ4n) is 3.87. The first-order valence-electron chi connectivity index (χ1n) is 11.0. The molecule has 1 aromatic carbocycles. The van der Waals surface area contributed by atoms with Gasteiger partial charge in [-0.15, -0.1) is 24.0 Å². The van der Waals surface area contributed by atoms with Gasteiger partial charge in [-0.25, -0.2) is 4.99 Å². The molecule has 2 aliphatic heterocycles. The van der Waals surface area contributed by atoms with Crippen LogP contribution in [0, 0.1) is 0 Å². The van der Waals surface area contributed by atoms with Crippen LogP contribution in [0.4, 0.5) is 5.69 Å². The van der Waals surface area contributed by atoms with Gasteiger partial charge >= 0.3 is 0 Å². The van der Waals surface area contributed by atoms with Gasteiger partial charge in [0.15, 0.2) is 5.96 Å². The summed E-state index contributed by atoms with van der Waals surface area (Å²) in [5.41, 5.74) is 2.11. The van der Waals surface area contributed by atoms with Crippen LogP contribution in [0.15, 0.2) is 29.3 Å². The highest BCUT2D eigenvalue weighted by Gasteiger charge is 2.21. The maximum atomic E-state index is 11.9. The average molecular weight is 529 g/mol. The minimum atomic E-state index is -0.109. The number of aliphatic imine (C=N–C) groups is 1. The molecule has 2 aliphatic rings. The van der Waals surface area contributed by atoms with Crippen molar-refractivity contribution in [1.82, 2.24) is 15.5 Å². The summed E-state index contributed by atoms with van der Waals surface area (Å²) in [5.74, 6) is 1.05. The Morgan fingerprint density at radius 2 is 1.90 bits per heavy atom. The average Bonchev–Trinajstić information content (AvgIpc) is 3.17. The molecule has 3 rings (SSSR count). The lowest BCUT2D eigenvalue weighted by atomic mass is 10.1. The van der Waals surface area contributed by atoms with Crippen molar-refractivity contribution in [2.24, 2.45) is 4.99 Å². The molecule has 3 N–H and O–H groups in total. The summed E-state index contributed by atoms with van der Waals surface area (Å²) >= 11 is 0. The Bertz CT molecular complexity index is 675. The van der Waals surface area contributed by atoms with E-state index in [-0.39, 0.29) is 36.0 Å². The van der Waals surface area contributed by atoms with Crippen molar-refractivity contribution in [3.8, 4) is 0 Å². The van der Waals surface area contributed by atoms with Crippen LogP contribution < -0.4 is 15.5 Å². The topological polar surface area (TPSA) is 80.2 Å². The Hall–Kier alpha value is -1.39. The van der Waals surface area contributed by atoms with Gasteiger partial charge in [-0.2, -0.15) is 0 Å². The molecule has 0 bridgehead atoms. The van der Waals surface area contributed by atoms with Crippen LogP contribution >= 0.6 is 24.0 Å². The lowest BCUT2D eigenvalue weighted by Crippen LogP contribution is -2.40. The number of anilines is 1. The first-order valence-corrected chi connectivity index (χ1v) is 11.0. The third-order valence-electron chi connectivity index (χ3n) is 5.59. The molecule has 0 aromatic heterocycles. The molecule has 30 heavy (non-hydrogen) atoms. The number of aliphatic hydroxyl groups is 1. The lowest BCUT2D eigenvalue weighted by molar-refractivity contribution is -0.117. The number of nitrogens with one attached hydrogen (secondary N) is 2. The normalized spacial score (nSPS) is 18.4. The molecule has 0 atom stereocenters. The highest BCUT2D eigenvalue weighted by Crippen LogP contribution is 2.21. The third kappa shape index (κ3) is 7.70. The fraction of sp³-hybridized carbons (Fsp3) is 0.636. The van der Waals surface area contributed by atoms with Crippen LogP contribution in [0.5, 0.6) is 0 Å². The van der Waals surface area contributed by atoms with Crippen molar-refractivity contribution in [2.75, 3.05) is 44.2 Å². The van der Waals surface area contributed by atoms with E-state index in [0.717, 1.165) is 82.2 Å². The molecular formula is C22H36IN5O2. The van der Waals surface area contributed by atoms with Crippen molar-refractivity contribution in [3.05, 3.63) is 29.8 Å². The minimum Gasteiger partial charge on any atom is -0.393 e. The number of rotatable bonds is 8. The van der Waals surface area contributed by atoms with Gasteiger partial charge in [0.1, 0.15) is 0 Å². The number of carbonyl (C=O) groups is 1. The van der Waals surface area contributed by atoms with Gasteiger partial charge in [-0.05, 0) is 56.8 Å². The Morgan fingerprint density at radius 3 is 2.53 bits per heavy atom. The second-order valence-electron chi connectivity index (χ2n) is 7.86. The maximum Gasteiger partial charge on any atom is 0.227 e. The number of piperidine rings is 1. The summed E-state index contributed by atoms with van der Waals surface area (Å²) in [6.07, 6.45) is 4.33. The summed E-state index contributed by atoms with van der Waals surface area (Å²) in [7, 11) is 0. The maximum absolute atomic E-state index is 11.9. The predicted molar refractivity (Wildman–Crippen MR) is 133 cm³/mol. The number of halogens is 1. The lowest BCUT2D eigenvalue weighted by Gasteiger charge is -2.29. The van der Waals surface area contributed by atoms with Crippen LogP contribution in [0.2, 0.25) is 0 Å².